The number of hydrogen-bond acceptors (Lipinski definition) is 9. The summed E-state index contributed by atoms with van der Waals surface area (Å²) >= 11 is 34.4. The van der Waals surface area contributed by atoms with E-state index < -0.39 is 11.6 Å². The van der Waals surface area contributed by atoms with Gasteiger partial charge in [-0.1, -0.05) is 106 Å². The van der Waals surface area contributed by atoms with Crippen LogP contribution in [0.2, 0.25) is 20.1 Å². The molecule has 8 rings (SSSR count). The van der Waals surface area contributed by atoms with Crippen LogP contribution in [0, 0.1) is 27.7 Å². The van der Waals surface area contributed by atoms with E-state index in [0.717, 1.165) is 44.5 Å². The van der Waals surface area contributed by atoms with Crippen molar-refractivity contribution in [1.82, 2.24) is 30.2 Å². The number of hydrogen-bond donors (Lipinski definition) is 3. The molecular weight excluding hydrogens is 1130 g/mol. The van der Waals surface area contributed by atoms with E-state index in [1.165, 1.54) is 0 Å². The van der Waals surface area contributed by atoms with Crippen molar-refractivity contribution in [3.05, 3.63) is 187 Å². The first-order chi connectivity index (χ1) is 37.5. The van der Waals surface area contributed by atoms with Crippen molar-refractivity contribution in [3.8, 4) is 56.9 Å². The Morgan fingerprint density at radius 1 is 0.544 bits per heavy atom. The van der Waals surface area contributed by atoms with Gasteiger partial charge in [0.25, 0.3) is 11.8 Å². The first-order valence-corrected chi connectivity index (χ1v) is 27.0. The Balaban J connectivity index is 0.000000244. The van der Waals surface area contributed by atoms with Crippen LogP contribution in [0.1, 0.15) is 76.6 Å². The van der Waals surface area contributed by atoms with Crippen LogP contribution in [0.25, 0.3) is 33.6 Å². The Morgan fingerprint density at radius 2 is 0.911 bits per heavy atom. The maximum absolute atomic E-state index is 12.7. The minimum atomic E-state index is -0.973. The van der Waals surface area contributed by atoms with Crippen LogP contribution in [-0.4, -0.2) is 72.5 Å². The molecule has 0 spiro atoms. The molecule has 6 aromatic carbocycles. The molecule has 0 unspecified atom stereocenters. The van der Waals surface area contributed by atoms with Crippen LogP contribution in [0.15, 0.2) is 134 Å². The fourth-order valence-corrected chi connectivity index (χ4v) is 8.54. The fourth-order valence-electron chi connectivity index (χ4n) is 7.51. The summed E-state index contributed by atoms with van der Waals surface area (Å²) in [5, 5.41) is 25.6. The van der Waals surface area contributed by atoms with Gasteiger partial charge in [-0.15, -0.1) is 33.4 Å². The van der Waals surface area contributed by atoms with Crippen LogP contribution < -0.4 is 20.1 Å². The van der Waals surface area contributed by atoms with Gasteiger partial charge in [0.15, 0.2) is 0 Å². The molecular formula is C59H56Cl6N6O8. The summed E-state index contributed by atoms with van der Waals surface area (Å²) in [5.41, 5.74) is 8.78. The number of aromatic nitrogens is 4. The molecule has 20 heteroatoms. The number of carboxylic acids is 1. The molecule has 79 heavy (non-hydrogen) atoms. The average molecular weight is 1190 g/mol. The van der Waals surface area contributed by atoms with E-state index in [2.05, 4.69) is 15.7 Å². The van der Waals surface area contributed by atoms with Crippen molar-refractivity contribution in [1.29, 1.82) is 0 Å². The van der Waals surface area contributed by atoms with Gasteiger partial charge in [0.1, 0.15) is 17.1 Å². The molecule has 0 fully saturated rings. The molecule has 0 aliphatic rings. The zero-order valence-electron chi connectivity index (χ0n) is 44.1. The summed E-state index contributed by atoms with van der Waals surface area (Å²) in [6.45, 7) is 13.4. The predicted molar refractivity (Wildman–Crippen MR) is 314 cm³/mol. The number of carboxylic acid groups (broad SMARTS) is 1. The Kier molecular flexibility index (Phi) is 21.8. The molecule has 0 saturated carbocycles. The second-order valence-corrected chi connectivity index (χ2v) is 21.4. The van der Waals surface area contributed by atoms with Gasteiger partial charge in [-0.25, -0.2) is 9.36 Å². The lowest BCUT2D eigenvalue weighted by molar-refractivity contribution is -0.154. The fraction of sp³-hybridized carbons (Fsp3) is 0.220. The van der Waals surface area contributed by atoms with Crippen molar-refractivity contribution in [2.75, 3.05) is 18.4 Å². The normalized spacial score (nSPS) is 10.8. The standard InChI is InChI=1S/C31H31Cl2N3O4.C27H23Cl2N3O4.CH2Cl2/c1-19-6-8-21(9-7-19)26-18-36(25-16-23(32)15-24(33)17-25)35-30(26)39-27-11-10-22(14-20(27)2)29(38)34-13-12-28(37)40-31(3,4)5;1-16-3-5-18(6-4-16)23-15-32(22-13-20(28)12-21(29)14-22)31-27(23)36-24-8-7-19(11-17(24)2)26(35)30-10-9-25(33)34;2-1-3/h6-11,14-18H,12-13H2,1-5H3,(H,34,38);3-8,11-15H,9-10H2,1-2H3,(H,30,35)(H,33,34);1H2. The van der Waals surface area contributed by atoms with E-state index in [1.807, 2.05) is 88.6 Å². The molecule has 2 heterocycles. The van der Waals surface area contributed by atoms with Crippen molar-refractivity contribution in [2.24, 2.45) is 0 Å². The van der Waals surface area contributed by atoms with Crippen LogP contribution in [0.5, 0.6) is 23.3 Å². The lowest BCUT2D eigenvalue weighted by atomic mass is 10.1. The Bertz CT molecular complexity index is 3410. The van der Waals surface area contributed by atoms with Crippen LogP contribution >= 0.6 is 69.6 Å². The van der Waals surface area contributed by atoms with E-state index in [1.54, 1.807) is 103 Å². The van der Waals surface area contributed by atoms with Crippen LogP contribution in [0.4, 0.5) is 0 Å². The largest absolute Gasteiger partial charge is 0.481 e. The van der Waals surface area contributed by atoms with Gasteiger partial charge < -0.3 is 30.0 Å². The molecule has 0 atom stereocenters. The zero-order valence-corrected chi connectivity index (χ0v) is 48.6. The lowest BCUT2D eigenvalue weighted by Gasteiger charge is -2.19. The number of amides is 2. The van der Waals surface area contributed by atoms with Gasteiger partial charge in [-0.2, -0.15) is 0 Å². The number of carbonyl (C=O) groups is 4. The number of benzene rings is 6. The summed E-state index contributed by atoms with van der Waals surface area (Å²) in [4.78, 5) is 47.6. The highest BCUT2D eigenvalue weighted by atomic mass is 35.5. The number of rotatable bonds is 16. The van der Waals surface area contributed by atoms with Crippen molar-refractivity contribution in [3.63, 3.8) is 0 Å². The number of esters is 1. The minimum Gasteiger partial charge on any atom is -0.481 e. The van der Waals surface area contributed by atoms with Crippen LogP contribution in [-0.2, 0) is 14.3 Å². The van der Waals surface area contributed by atoms with E-state index in [-0.39, 0.29) is 49.1 Å². The molecule has 2 aromatic heterocycles. The highest BCUT2D eigenvalue weighted by molar-refractivity contribution is 6.40. The Morgan fingerprint density at radius 3 is 1.25 bits per heavy atom. The molecule has 8 aromatic rings. The molecule has 0 saturated heterocycles. The van der Waals surface area contributed by atoms with E-state index >= 15 is 0 Å². The third-order valence-corrected chi connectivity index (χ3v) is 12.1. The molecule has 0 bridgehead atoms. The molecule has 2 amide bonds. The number of aliphatic carboxylic acids is 1. The molecule has 3 N–H and O–H groups in total. The van der Waals surface area contributed by atoms with E-state index in [0.29, 0.717) is 65.9 Å². The summed E-state index contributed by atoms with van der Waals surface area (Å²) < 4.78 is 21.1. The Hall–Kier alpha value is -7.04. The van der Waals surface area contributed by atoms with Crippen molar-refractivity contribution >= 4 is 93.4 Å². The van der Waals surface area contributed by atoms with Gasteiger partial charge >= 0.3 is 11.9 Å². The number of carbonyl (C=O) groups excluding carboxylic acids is 3. The maximum atomic E-state index is 12.7. The highest BCUT2D eigenvalue weighted by Crippen LogP contribution is 2.38. The van der Waals surface area contributed by atoms with Crippen LogP contribution in [0.3, 0.4) is 0 Å². The number of alkyl halides is 2. The number of halogens is 6. The van der Waals surface area contributed by atoms with Gasteiger partial charge in [0.2, 0.25) is 11.8 Å². The third kappa shape index (κ3) is 18.3. The Labute approximate surface area is 488 Å². The summed E-state index contributed by atoms with van der Waals surface area (Å²) in [6, 6.07) is 36.5. The smallest absolute Gasteiger partial charge is 0.308 e. The van der Waals surface area contributed by atoms with Crippen molar-refractivity contribution in [2.45, 2.75) is 66.9 Å². The van der Waals surface area contributed by atoms with Crippen molar-refractivity contribution < 1.29 is 38.5 Å². The van der Waals surface area contributed by atoms with E-state index in [9.17, 15) is 19.2 Å². The molecule has 14 nitrogen and oxygen atoms in total. The first-order valence-electron chi connectivity index (χ1n) is 24.4. The van der Waals surface area contributed by atoms with Gasteiger partial charge in [-0.05, 0) is 144 Å². The number of nitrogens with zero attached hydrogens (tertiary/aromatic N) is 4. The van der Waals surface area contributed by atoms with Gasteiger partial charge in [0.05, 0.1) is 40.7 Å². The topological polar surface area (TPSA) is 176 Å². The third-order valence-electron chi connectivity index (χ3n) is 11.3. The lowest BCUT2D eigenvalue weighted by Crippen LogP contribution is -2.29. The number of ether oxygens (including phenoxy) is 3. The SMILES string of the molecule is Cc1ccc(-c2cn(-c3cc(Cl)cc(Cl)c3)nc2Oc2ccc(C(=O)NCCC(=O)O)cc2C)cc1.Cc1ccc(-c2cn(-c3cc(Cl)cc(Cl)c3)nc2Oc2ccc(C(=O)NCCC(=O)OC(C)(C)C)cc2C)cc1.ClCCl. The van der Waals surface area contributed by atoms with Gasteiger partial charge in [0, 0.05) is 56.7 Å². The summed E-state index contributed by atoms with van der Waals surface area (Å²) in [7, 11) is 0. The number of aryl methyl sites for hydroxylation is 4. The minimum absolute atomic E-state index is 0.0519. The zero-order chi connectivity index (χ0) is 57.6. The molecule has 412 valence electrons. The summed E-state index contributed by atoms with van der Waals surface area (Å²) in [5.74, 6) is -0.146. The maximum Gasteiger partial charge on any atom is 0.308 e. The predicted octanol–water partition coefficient (Wildman–Crippen LogP) is 15.6. The number of nitrogens with one attached hydrogen (secondary N) is 2. The second kappa shape index (κ2) is 28.2. The second-order valence-electron chi connectivity index (χ2n) is 18.8. The average Bonchev–Trinajstić information content (AvgIpc) is 4.06. The molecule has 0 radical (unpaired) electrons. The van der Waals surface area contributed by atoms with E-state index in [4.69, 9.17) is 94.0 Å². The monoisotopic (exact) mass is 1190 g/mol. The quantitative estimate of drug-likeness (QED) is 0.0623. The highest BCUT2D eigenvalue weighted by Gasteiger charge is 2.21. The summed E-state index contributed by atoms with van der Waals surface area (Å²) in [6.07, 6.45) is 3.66. The molecule has 0 aliphatic heterocycles. The first kappa shape index (κ1) is 61.2. The van der Waals surface area contributed by atoms with Gasteiger partial charge in [-0.3, -0.25) is 19.2 Å². The molecule has 0 aliphatic carbocycles.